The fraction of sp³-hybridized carbons (Fsp3) is 0.273. The van der Waals surface area contributed by atoms with Crippen molar-refractivity contribution in [2.45, 2.75) is 4.83 Å². The molecule has 1 aromatic heterocycles. The Labute approximate surface area is 102 Å². The average molecular weight is 279 g/mol. The SMILES string of the molecule is CN1CC(Br)c2nncn2-c2ccccc21. The van der Waals surface area contributed by atoms with E-state index in [1.54, 1.807) is 6.33 Å². The minimum absolute atomic E-state index is 0.201. The van der Waals surface area contributed by atoms with Crippen molar-refractivity contribution in [3.8, 4) is 5.69 Å². The van der Waals surface area contributed by atoms with E-state index in [0.29, 0.717) is 0 Å². The van der Waals surface area contributed by atoms with Crippen molar-refractivity contribution in [2.24, 2.45) is 0 Å². The number of nitrogens with zero attached hydrogens (tertiary/aromatic N) is 4. The third kappa shape index (κ3) is 1.35. The van der Waals surface area contributed by atoms with E-state index in [0.717, 1.165) is 18.1 Å². The largest absolute Gasteiger partial charge is 0.371 e. The maximum Gasteiger partial charge on any atom is 0.153 e. The average Bonchev–Trinajstić information content (AvgIpc) is 2.74. The van der Waals surface area contributed by atoms with Crippen LogP contribution in [0.1, 0.15) is 10.7 Å². The summed E-state index contributed by atoms with van der Waals surface area (Å²) in [5.41, 5.74) is 2.33. The molecule has 2 heterocycles. The van der Waals surface area contributed by atoms with Gasteiger partial charge in [-0.1, -0.05) is 28.1 Å². The van der Waals surface area contributed by atoms with Crippen molar-refractivity contribution in [1.82, 2.24) is 14.8 Å². The topological polar surface area (TPSA) is 34.0 Å². The van der Waals surface area contributed by atoms with Crippen LogP contribution in [0.4, 0.5) is 5.69 Å². The quantitative estimate of drug-likeness (QED) is 0.693. The maximum absolute atomic E-state index is 4.17. The van der Waals surface area contributed by atoms with Gasteiger partial charge in [-0.05, 0) is 12.1 Å². The molecule has 0 spiro atoms. The molecular formula is C11H11BrN4. The number of para-hydroxylation sites is 2. The van der Waals surface area contributed by atoms with E-state index < -0.39 is 0 Å². The van der Waals surface area contributed by atoms with Gasteiger partial charge in [-0.2, -0.15) is 0 Å². The van der Waals surface area contributed by atoms with Crippen LogP contribution in [0.2, 0.25) is 0 Å². The van der Waals surface area contributed by atoms with E-state index in [-0.39, 0.29) is 4.83 Å². The van der Waals surface area contributed by atoms with Crippen LogP contribution in [-0.2, 0) is 0 Å². The Morgan fingerprint density at radius 2 is 2.06 bits per heavy atom. The molecule has 1 aliphatic rings. The molecule has 1 aromatic carbocycles. The van der Waals surface area contributed by atoms with E-state index in [2.05, 4.69) is 50.2 Å². The summed E-state index contributed by atoms with van der Waals surface area (Å²) < 4.78 is 2.04. The molecule has 1 unspecified atom stereocenters. The number of likely N-dealkylation sites (N-methyl/N-ethyl adjacent to an activating group) is 1. The zero-order valence-corrected chi connectivity index (χ0v) is 10.4. The van der Waals surface area contributed by atoms with Crippen molar-refractivity contribution in [1.29, 1.82) is 0 Å². The van der Waals surface area contributed by atoms with E-state index in [1.807, 2.05) is 16.7 Å². The molecule has 0 amide bonds. The van der Waals surface area contributed by atoms with Crippen molar-refractivity contribution < 1.29 is 0 Å². The molecule has 0 saturated carbocycles. The summed E-state index contributed by atoms with van der Waals surface area (Å²) in [6.07, 6.45) is 1.77. The van der Waals surface area contributed by atoms with E-state index >= 15 is 0 Å². The molecule has 3 rings (SSSR count). The summed E-state index contributed by atoms with van der Waals surface area (Å²) in [7, 11) is 2.09. The molecular weight excluding hydrogens is 268 g/mol. The monoisotopic (exact) mass is 278 g/mol. The Balaban J connectivity index is 2.28. The number of anilines is 1. The Hall–Kier alpha value is -1.36. The lowest BCUT2D eigenvalue weighted by Gasteiger charge is -2.19. The second-order valence-corrected chi connectivity index (χ2v) is 5.00. The summed E-state index contributed by atoms with van der Waals surface area (Å²) in [5, 5.41) is 8.15. The first-order valence-electron chi connectivity index (χ1n) is 5.12. The van der Waals surface area contributed by atoms with Crippen LogP contribution in [0.3, 0.4) is 0 Å². The van der Waals surface area contributed by atoms with Crippen LogP contribution in [0.5, 0.6) is 0 Å². The third-order valence-electron chi connectivity index (χ3n) is 2.84. The van der Waals surface area contributed by atoms with Crippen molar-refractivity contribution in [3.05, 3.63) is 36.4 Å². The third-order valence-corrected chi connectivity index (χ3v) is 3.54. The van der Waals surface area contributed by atoms with Crippen LogP contribution >= 0.6 is 15.9 Å². The van der Waals surface area contributed by atoms with Crippen LogP contribution in [-0.4, -0.2) is 28.4 Å². The van der Waals surface area contributed by atoms with Gasteiger partial charge in [-0.3, -0.25) is 4.57 Å². The van der Waals surface area contributed by atoms with Crippen LogP contribution in [0, 0.1) is 0 Å². The van der Waals surface area contributed by atoms with Crippen LogP contribution < -0.4 is 4.90 Å². The summed E-state index contributed by atoms with van der Waals surface area (Å²) in [6, 6.07) is 8.28. The highest BCUT2D eigenvalue weighted by molar-refractivity contribution is 9.09. The molecule has 0 aliphatic carbocycles. The molecule has 0 radical (unpaired) electrons. The molecule has 5 heteroatoms. The Bertz CT molecular complexity index is 522. The first kappa shape index (κ1) is 9.84. The van der Waals surface area contributed by atoms with Gasteiger partial charge in [-0.15, -0.1) is 10.2 Å². The zero-order valence-electron chi connectivity index (χ0n) is 8.84. The van der Waals surface area contributed by atoms with Gasteiger partial charge in [0.2, 0.25) is 0 Å². The molecule has 82 valence electrons. The van der Waals surface area contributed by atoms with Crippen molar-refractivity contribution in [3.63, 3.8) is 0 Å². The van der Waals surface area contributed by atoms with Crippen LogP contribution in [0.15, 0.2) is 30.6 Å². The van der Waals surface area contributed by atoms with Gasteiger partial charge in [0.05, 0.1) is 16.2 Å². The molecule has 4 nitrogen and oxygen atoms in total. The smallest absolute Gasteiger partial charge is 0.153 e. The highest BCUT2D eigenvalue weighted by Crippen LogP contribution is 2.33. The van der Waals surface area contributed by atoms with E-state index in [9.17, 15) is 0 Å². The molecule has 0 saturated heterocycles. The number of hydrogen-bond donors (Lipinski definition) is 0. The minimum Gasteiger partial charge on any atom is -0.371 e. The number of hydrogen-bond acceptors (Lipinski definition) is 3. The molecule has 1 atom stereocenters. The summed E-state index contributed by atoms with van der Waals surface area (Å²) in [6.45, 7) is 0.885. The molecule has 0 bridgehead atoms. The lowest BCUT2D eigenvalue weighted by Crippen LogP contribution is -2.20. The van der Waals surface area contributed by atoms with Gasteiger partial charge in [0.1, 0.15) is 6.33 Å². The van der Waals surface area contributed by atoms with Gasteiger partial charge < -0.3 is 4.90 Å². The number of rotatable bonds is 0. The Kier molecular flexibility index (Phi) is 2.21. The molecule has 0 fully saturated rings. The van der Waals surface area contributed by atoms with E-state index in [4.69, 9.17) is 0 Å². The fourth-order valence-electron chi connectivity index (χ4n) is 2.05. The molecule has 0 N–H and O–H groups in total. The van der Waals surface area contributed by atoms with Gasteiger partial charge in [-0.25, -0.2) is 0 Å². The van der Waals surface area contributed by atoms with E-state index in [1.165, 1.54) is 5.69 Å². The normalized spacial score (nSPS) is 18.9. The van der Waals surface area contributed by atoms with Gasteiger partial charge in [0.15, 0.2) is 5.82 Å². The number of alkyl halides is 1. The highest BCUT2D eigenvalue weighted by Gasteiger charge is 2.24. The Morgan fingerprint density at radius 3 is 2.88 bits per heavy atom. The predicted octanol–water partition coefficient (Wildman–Crippen LogP) is 2.15. The molecule has 16 heavy (non-hydrogen) atoms. The molecule has 1 aliphatic heterocycles. The number of benzene rings is 1. The second kappa shape index (κ2) is 3.59. The van der Waals surface area contributed by atoms with Gasteiger partial charge in [0.25, 0.3) is 0 Å². The Morgan fingerprint density at radius 1 is 1.31 bits per heavy atom. The predicted molar refractivity (Wildman–Crippen MR) is 66.3 cm³/mol. The lowest BCUT2D eigenvalue weighted by molar-refractivity contribution is 0.816. The highest BCUT2D eigenvalue weighted by atomic mass is 79.9. The van der Waals surface area contributed by atoms with Gasteiger partial charge in [0, 0.05) is 13.6 Å². The van der Waals surface area contributed by atoms with Crippen LogP contribution in [0.25, 0.3) is 5.69 Å². The lowest BCUT2D eigenvalue weighted by atomic mass is 10.2. The standard InChI is InChI=1S/C11H11BrN4/c1-15-6-8(12)11-14-13-7-16(11)10-5-3-2-4-9(10)15/h2-5,7-8H,6H2,1H3. The van der Waals surface area contributed by atoms with Gasteiger partial charge >= 0.3 is 0 Å². The number of fused-ring (bicyclic) bond motifs is 3. The van der Waals surface area contributed by atoms with Crippen molar-refractivity contribution >= 4 is 21.6 Å². The first-order chi connectivity index (χ1) is 7.77. The zero-order chi connectivity index (χ0) is 11.1. The molecule has 2 aromatic rings. The van der Waals surface area contributed by atoms with Crippen molar-refractivity contribution in [2.75, 3.05) is 18.5 Å². The maximum atomic E-state index is 4.17. The minimum atomic E-state index is 0.201. The first-order valence-corrected chi connectivity index (χ1v) is 6.03. The summed E-state index contributed by atoms with van der Waals surface area (Å²) in [4.78, 5) is 2.43. The number of halogens is 1. The summed E-state index contributed by atoms with van der Waals surface area (Å²) in [5.74, 6) is 0.955. The summed E-state index contributed by atoms with van der Waals surface area (Å²) >= 11 is 3.65. The second-order valence-electron chi connectivity index (χ2n) is 3.90. The fourth-order valence-corrected chi connectivity index (χ4v) is 2.80. The number of aromatic nitrogens is 3.